The van der Waals surface area contributed by atoms with E-state index in [4.69, 9.17) is 11.6 Å². The molecular weight excluding hydrogens is 298 g/mol. The maximum absolute atomic E-state index is 12.4. The summed E-state index contributed by atoms with van der Waals surface area (Å²) in [6, 6.07) is 9.13. The van der Waals surface area contributed by atoms with Gasteiger partial charge in [0.05, 0.1) is 0 Å². The van der Waals surface area contributed by atoms with E-state index in [9.17, 15) is 4.79 Å². The van der Waals surface area contributed by atoms with E-state index in [2.05, 4.69) is 29.0 Å². The molecule has 0 saturated carbocycles. The fraction of sp³-hybridized carbons (Fsp3) is 0.294. The molecule has 0 aliphatic rings. The molecule has 0 bridgehead atoms. The first-order valence-corrected chi connectivity index (χ1v) is 7.71. The summed E-state index contributed by atoms with van der Waals surface area (Å²) in [5.74, 6) is -0.237. The Labute approximate surface area is 136 Å². The molecule has 0 fully saturated rings. The number of pyridine rings is 1. The van der Waals surface area contributed by atoms with E-state index in [0.717, 1.165) is 24.3 Å². The molecular formula is C17H20ClN3O. The number of aryl methyl sites for hydroxylation is 1. The molecule has 1 N–H and O–H groups in total. The molecule has 0 aliphatic carbocycles. The highest BCUT2D eigenvalue weighted by Gasteiger charge is 2.12. The summed E-state index contributed by atoms with van der Waals surface area (Å²) in [6.07, 6.45) is 1.66. The Morgan fingerprint density at radius 1 is 1.23 bits per heavy atom. The van der Waals surface area contributed by atoms with Crippen molar-refractivity contribution in [3.8, 4) is 0 Å². The van der Waals surface area contributed by atoms with Crippen LogP contribution in [0.25, 0.3) is 0 Å². The summed E-state index contributed by atoms with van der Waals surface area (Å²) in [6.45, 7) is 7.85. The number of anilines is 2. The number of rotatable bonds is 5. The average molecular weight is 318 g/mol. The normalized spacial score (nSPS) is 10.4. The van der Waals surface area contributed by atoms with E-state index < -0.39 is 0 Å². The first-order chi connectivity index (χ1) is 10.5. The Balaban J connectivity index is 2.23. The molecule has 0 spiro atoms. The Hall–Kier alpha value is -2.07. The quantitative estimate of drug-likeness (QED) is 0.901. The number of hydrogen-bond donors (Lipinski definition) is 1. The predicted octanol–water partition coefficient (Wildman–Crippen LogP) is 4.14. The van der Waals surface area contributed by atoms with Crippen molar-refractivity contribution in [3.63, 3.8) is 0 Å². The third-order valence-corrected chi connectivity index (χ3v) is 3.79. The lowest BCUT2D eigenvalue weighted by Crippen LogP contribution is -2.23. The monoisotopic (exact) mass is 317 g/mol. The minimum absolute atomic E-state index is 0.237. The van der Waals surface area contributed by atoms with Gasteiger partial charge >= 0.3 is 0 Å². The molecule has 116 valence electrons. The van der Waals surface area contributed by atoms with Crippen LogP contribution in [0.4, 0.5) is 11.4 Å². The summed E-state index contributed by atoms with van der Waals surface area (Å²) in [4.78, 5) is 18.7. The van der Waals surface area contributed by atoms with Gasteiger partial charge in [0, 0.05) is 35.7 Å². The van der Waals surface area contributed by atoms with Crippen molar-refractivity contribution in [2.24, 2.45) is 0 Å². The van der Waals surface area contributed by atoms with Gasteiger partial charge in [-0.05, 0) is 50.6 Å². The van der Waals surface area contributed by atoms with Gasteiger partial charge in [0.25, 0.3) is 5.91 Å². The molecule has 0 saturated heterocycles. The number of hydrogen-bond acceptors (Lipinski definition) is 3. The average Bonchev–Trinajstić information content (AvgIpc) is 2.52. The largest absolute Gasteiger partial charge is 0.372 e. The number of aromatic nitrogens is 1. The molecule has 2 rings (SSSR count). The molecule has 1 heterocycles. The first kappa shape index (κ1) is 16.3. The molecule has 0 unspecified atom stereocenters. The molecule has 5 heteroatoms. The molecule has 22 heavy (non-hydrogen) atoms. The molecule has 1 aromatic heterocycles. The zero-order valence-electron chi connectivity index (χ0n) is 13.1. The fourth-order valence-corrected chi connectivity index (χ4v) is 2.42. The summed E-state index contributed by atoms with van der Waals surface area (Å²) >= 11 is 5.98. The van der Waals surface area contributed by atoms with E-state index >= 15 is 0 Å². The highest BCUT2D eigenvalue weighted by Crippen LogP contribution is 2.21. The van der Waals surface area contributed by atoms with Gasteiger partial charge in [0.1, 0.15) is 5.69 Å². The Kier molecular flexibility index (Phi) is 5.39. The van der Waals surface area contributed by atoms with Gasteiger partial charge in [-0.2, -0.15) is 0 Å². The van der Waals surface area contributed by atoms with Gasteiger partial charge in [0.2, 0.25) is 0 Å². The van der Waals surface area contributed by atoms with Crippen LogP contribution in [0, 0.1) is 6.92 Å². The number of benzene rings is 1. The van der Waals surface area contributed by atoms with E-state index in [1.54, 1.807) is 18.3 Å². The van der Waals surface area contributed by atoms with Crippen LogP contribution in [0.1, 0.15) is 29.9 Å². The summed E-state index contributed by atoms with van der Waals surface area (Å²) in [5.41, 5.74) is 3.04. The minimum atomic E-state index is -0.237. The molecule has 0 aliphatic heterocycles. The summed E-state index contributed by atoms with van der Waals surface area (Å²) in [7, 11) is 0. The Morgan fingerprint density at radius 3 is 2.64 bits per heavy atom. The number of nitrogens with one attached hydrogen (secondary N) is 1. The second-order valence-electron chi connectivity index (χ2n) is 4.98. The number of halogens is 1. The lowest BCUT2D eigenvalue weighted by Gasteiger charge is -2.21. The molecule has 1 amide bonds. The second kappa shape index (κ2) is 7.27. The zero-order chi connectivity index (χ0) is 16.1. The van der Waals surface area contributed by atoms with Crippen LogP contribution in [0.15, 0.2) is 36.5 Å². The minimum Gasteiger partial charge on any atom is -0.372 e. The van der Waals surface area contributed by atoms with Crippen molar-refractivity contribution in [1.29, 1.82) is 0 Å². The number of carbonyl (C=O) groups excluding carboxylic acids is 1. The number of carbonyl (C=O) groups is 1. The van der Waals surface area contributed by atoms with Crippen molar-refractivity contribution in [3.05, 3.63) is 52.8 Å². The predicted molar refractivity (Wildman–Crippen MR) is 91.9 cm³/mol. The van der Waals surface area contributed by atoms with E-state index in [1.807, 2.05) is 25.1 Å². The van der Waals surface area contributed by atoms with Crippen LogP contribution in [-0.4, -0.2) is 24.0 Å². The topological polar surface area (TPSA) is 45.2 Å². The Bertz CT molecular complexity index is 669. The molecule has 2 aromatic rings. The van der Waals surface area contributed by atoms with Crippen molar-refractivity contribution in [2.75, 3.05) is 23.3 Å². The maximum atomic E-state index is 12.4. The standard InChI is InChI=1S/C17H20ClN3O/c1-4-21(5-2)14-8-9-19-16(11-14)17(22)20-15-10-13(18)7-6-12(15)3/h6-11H,4-5H2,1-3H3,(H,20,22). The van der Waals surface area contributed by atoms with Gasteiger partial charge < -0.3 is 10.2 Å². The van der Waals surface area contributed by atoms with Gasteiger partial charge in [-0.15, -0.1) is 0 Å². The highest BCUT2D eigenvalue weighted by molar-refractivity contribution is 6.31. The third kappa shape index (κ3) is 3.77. The van der Waals surface area contributed by atoms with Crippen LogP contribution < -0.4 is 10.2 Å². The summed E-state index contributed by atoms with van der Waals surface area (Å²) < 4.78 is 0. The molecule has 4 nitrogen and oxygen atoms in total. The molecule has 0 radical (unpaired) electrons. The van der Waals surface area contributed by atoms with Gasteiger partial charge in [-0.3, -0.25) is 9.78 Å². The van der Waals surface area contributed by atoms with Crippen LogP contribution in [0.5, 0.6) is 0 Å². The highest BCUT2D eigenvalue weighted by atomic mass is 35.5. The van der Waals surface area contributed by atoms with Crippen LogP contribution in [0.3, 0.4) is 0 Å². The SMILES string of the molecule is CCN(CC)c1ccnc(C(=O)Nc2cc(Cl)ccc2C)c1. The Morgan fingerprint density at radius 2 is 1.95 bits per heavy atom. The fourth-order valence-electron chi connectivity index (χ4n) is 2.24. The second-order valence-corrected chi connectivity index (χ2v) is 5.42. The van der Waals surface area contributed by atoms with Gasteiger partial charge in [-0.1, -0.05) is 17.7 Å². The van der Waals surface area contributed by atoms with E-state index in [0.29, 0.717) is 16.4 Å². The number of amides is 1. The lowest BCUT2D eigenvalue weighted by atomic mass is 10.2. The third-order valence-electron chi connectivity index (χ3n) is 3.55. The summed E-state index contributed by atoms with van der Waals surface area (Å²) in [5, 5.41) is 3.45. The van der Waals surface area contributed by atoms with Crippen LogP contribution >= 0.6 is 11.6 Å². The lowest BCUT2D eigenvalue weighted by molar-refractivity contribution is 0.102. The van der Waals surface area contributed by atoms with Gasteiger partial charge in [0.15, 0.2) is 0 Å². The van der Waals surface area contributed by atoms with E-state index in [1.165, 1.54) is 0 Å². The van der Waals surface area contributed by atoms with Gasteiger partial charge in [-0.25, -0.2) is 0 Å². The van der Waals surface area contributed by atoms with Crippen molar-refractivity contribution < 1.29 is 4.79 Å². The molecule has 1 aromatic carbocycles. The van der Waals surface area contributed by atoms with Crippen molar-refractivity contribution in [2.45, 2.75) is 20.8 Å². The zero-order valence-corrected chi connectivity index (χ0v) is 13.8. The van der Waals surface area contributed by atoms with Crippen molar-refractivity contribution >= 4 is 28.9 Å². The van der Waals surface area contributed by atoms with Crippen LogP contribution in [0.2, 0.25) is 5.02 Å². The van der Waals surface area contributed by atoms with E-state index in [-0.39, 0.29) is 5.91 Å². The van der Waals surface area contributed by atoms with Crippen LogP contribution in [-0.2, 0) is 0 Å². The van der Waals surface area contributed by atoms with Crippen molar-refractivity contribution in [1.82, 2.24) is 4.98 Å². The number of nitrogens with zero attached hydrogens (tertiary/aromatic N) is 2. The molecule has 0 atom stereocenters. The maximum Gasteiger partial charge on any atom is 0.274 e. The first-order valence-electron chi connectivity index (χ1n) is 7.33. The smallest absolute Gasteiger partial charge is 0.274 e.